The summed E-state index contributed by atoms with van der Waals surface area (Å²) in [6, 6.07) is 0.0462. The van der Waals surface area contributed by atoms with E-state index in [0.29, 0.717) is 24.2 Å². The van der Waals surface area contributed by atoms with Crippen LogP contribution < -0.4 is 31.3 Å². The van der Waals surface area contributed by atoms with E-state index in [9.17, 15) is 47.9 Å². The van der Waals surface area contributed by atoms with Crippen molar-refractivity contribution in [2.45, 2.75) is 151 Å². The minimum Gasteiger partial charge on any atom is -0.497 e. The molecule has 10 atom stereocenters. The fourth-order valence-corrected chi connectivity index (χ4v) is 8.18. The average molecular weight is 985 g/mol. The lowest BCUT2D eigenvalue weighted by molar-refractivity contribution is -0.163. The number of ketones is 1. The normalized spacial score (nSPS) is 27.1. The van der Waals surface area contributed by atoms with Gasteiger partial charge in [0.1, 0.15) is 35.3 Å². The molecule has 0 spiro atoms. The number of carbonyl (C=O) groups is 10. The third kappa shape index (κ3) is 15.5. The molecule has 0 radical (unpaired) electrons. The first kappa shape index (κ1) is 60.0. The highest BCUT2D eigenvalue weighted by Gasteiger charge is 2.43. The number of nitrogens with zero attached hydrogens (tertiary/aromatic N) is 3. The molecule has 20 nitrogen and oxygen atoms in total. The lowest BCUT2D eigenvalue weighted by Crippen LogP contribution is -2.60. The van der Waals surface area contributed by atoms with Crippen LogP contribution in [0.1, 0.15) is 108 Å². The Labute approximate surface area is 413 Å². The molecule has 0 unspecified atom stereocenters. The van der Waals surface area contributed by atoms with Crippen LogP contribution in [-0.4, -0.2) is 157 Å². The van der Waals surface area contributed by atoms with E-state index in [1.165, 1.54) is 77.6 Å². The first-order chi connectivity index (χ1) is 32.6. The fraction of sp³-hybridized carbons (Fsp3) is 0.680. The van der Waals surface area contributed by atoms with Crippen LogP contribution in [0.5, 0.6) is 5.75 Å². The van der Waals surface area contributed by atoms with Crippen LogP contribution in [0.15, 0.2) is 24.3 Å². The van der Waals surface area contributed by atoms with Gasteiger partial charge in [-0.25, -0.2) is 0 Å². The van der Waals surface area contributed by atoms with E-state index in [1.54, 1.807) is 65.8 Å². The zero-order chi connectivity index (χ0) is 53.5. The molecular weight excluding hydrogens is 905 g/mol. The lowest BCUT2D eigenvalue weighted by atomic mass is 9.83. The Hall–Kier alpha value is -6.08. The first-order valence-electron chi connectivity index (χ1n) is 24.2. The highest BCUT2D eigenvalue weighted by atomic mass is 16.5. The minimum atomic E-state index is -1.79. The number of nitrogens with one attached hydrogen (secondary N) is 5. The summed E-state index contributed by atoms with van der Waals surface area (Å²) in [5, 5.41) is 13.2. The number of Topliss-reactive ketones (excluding diaryl/α,β-unsaturated/α-hetero) is 1. The number of amides is 8. The van der Waals surface area contributed by atoms with E-state index in [2.05, 4.69) is 26.6 Å². The number of esters is 1. The van der Waals surface area contributed by atoms with Crippen molar-refractivity contribution in [1.82, 2.24) is 41.3 Å². The molecule has 1 aromatic carbocycles. The van der Waals surface area contributed by atoms with Gasteiger partial charge in [0.05, 0.1) is 32.2 Å². The topological polar surface area (TPSA) is 259 Å². The number of carbonyl (C=O) groups excluding carboxylic acids is 10. The average Bonchev–Trinajstić information content (AvgIpc) is 3.32. The molecule has 1 aliphatic heterocycles. The predicted molar refractivity (Wildman–Crippen MR) is 261 cm³/mol. The molecule has 8 amide bonds. The Balaban J connectivity index is 2.69. The summed E-state index contributed by atoms with van der Waals surface area (Å²) >= 11 is 0. The summed E-state index contributed by atoms with van der Waals surface area (Å²) in [7, 11) is 5.72. The van der Waals surface area contributed by atoms with Crippen LogP contribution in [0.25, 0.3) is 0 Å². The van der Waals surface area contributed by atoms with Crippen molar-refractivity contribution >= 4 is 59.0 Å². The van der Waals surface area contributed by atoms with E-state index in [0.717, 1.165) is 0 Å². The van der Waals surface area contributed by atoms with Gasteiger partial charge in [0.15, 0.2) is 11.9 Å². The third-order valence-corrected chi connectivity index (χ3v) is 13.6. The van der Waals surface area contributed by atoms with Crippen LogP contribution in [0.4, 0.5) is 0 Å². The molecule has 1 aromatic rings. The molecule has 70 heavy (non-hydrogen) atoms. The molecule has 0 aromatic heterocycles. The molecule has 1 fully saturated rings. The summed E-state index contributed by atoms with van der Waals surface area (Å²) in [5.41, 5.74) is -1.16. The van der Waals surface area contributed by atoms with E-state index >= 15 is 0 Å². The number of cyclic esters (lactones) is 1. The summed E-state index contributed by atoms with van der Waals surface area (Å²) in [6.45, 7) is 18.2. The Morgan fingerprint density at radius 3 is 1.70 bits per heavy atom. The second kappa shape index (κ2) is 26.8. The highest BCUT2D eigenvalue weighted by Crippen LogP contribution is 2.23. The summed E-state index contributed by atoms with van der Waals surface area (Å²) in [6.07, 6.45) is -0.234. The second-order valence-electron chi connectivity index (χ2n) is 19.5. The Bertz CT molecular complexity index is 2040. The van der Waals surface area contributed by atoms with Crippen LogP contribution >= 0.6 is 0 Å². The number of likely N-dealkylation sites (N-methyl/N-ethyl adjacent to an activating group) is 3. The minimum absolute atomic E-state index is 0.0333. The molecule has 1 heterocycles. The van der Waals surface area contributed by atoms with Gasteiger partial charge in [-0.05, 0) is 77.0 Å². The molecule has 20 heteroatoms. The van der Waals surface area contributed by atoms with Gasteiger partial charge in [-0.3, -0.25) is 47.9 Å². The van der Waals surface area contributed by atoms with Gasteiger partial charge < -0.3 is 50.8 Å². The quantitative estimate of drug-likeness (QED) is 0.175. The van der Waals surface area contributed by atoms with Crippen LogP contribution in [-0.2, 0) is 59.1 Å². The zero-order valence-electron chi connectivity index (χ0n) is 44.1. The third-order valence-electron chi connectivity index (χ3n) is 13.6. The first-order valence-corrected chi connectivity index (χ1v) is 24.2. The van der Waals surface area contributed by atoms with E-state index in [-0.39, 0.29) is 12.8 Å². The van der Waals surface area contributed by atoms with Crippen molar-refractivity contribution in [3.05, 3.63) is 29.8 Å². The number of rotatable bonds is 9. The summed E-state index contributed by atoms with van der Waals surface area (Å²) in [4.78, 5) is 143. The van der Waals surface area contributed by atoms with E-state index < -0.39 is 144 Å². The lowest BCUT2D eigenvalue weighted by Gasteiger charge is -2.37. The van der Waals surface area contributed by atoms with Gasteiger partial charge in [-0.1, -0.05) is 67.0 Å². The molecule has 0 saturated carbocycles. The summed E-state index contributed by atoms with van der Waals surface area (Å²) in [5.74, 6) is -8.89. The highest BCUT2D eigenvalue weighted by molar-refractivity contribution is 6.09. The predicted octanol–water partition coefficient (Wildman–Crippen LogP) is 1.76. The van der Waals surface area contributed by atoms with E-state index in [4.69, 9.17) is 9.47 Å². The summed E-state index contributed by atoms with van der Waals surface area (Å²) < 4.78 is 11.0. The van der Waals surface area contributed by atoms with Crippen molar-refractivity contribution in [3.63, 3.8) is 0 Å². The Morgan fingerprint density at radius 1 is 0.671 bits per heavy atom. The maximum Gasteiger partial charge on any atom is 0.311 e. The van der Waals surface area contributed by atoms with Crippen molar-refractivity contribution < 1.29 is 57.4 Å². The van der Waals surface area contributed by atoms with Gasteiger partial charge in [-0.15, -0.1) is 0 Å². The van der Waals surface area contributed by atoms with Crippen LogP contribution in [0.3, 0.4) is 0 Å². The number of methoxy groups -OCH3 is 1. The van der Waals surface area contributed by atoms with Gasteiger partial charge in [-0.2, -0.15) is 0 Å². The molecule has 5 N–H and O–H groups in total. The molecular formula is C50H80N8O12. The number of hydrogen-bond acceptors (Lipinski definition) is 12. The maximum absolute atomic E-state index is 14.6. The number of benzene rings is 1. The molecule has 1 saturated heterocycles. The Kier molecular flexibility index (Phi) is 23.0. The fourth-order valence-electron chi connectivity index (χ4n) is 8.18. The maximum atomic E-state index is 14.6. The Morgan fingerprint density at radius 2 is 1.20 bits per heavy atom. The number of ether oxygens (including phenoxy) is 2. The number of hydrogen-bond donors (Lipinski definition) is 5. The molecule has 0 aliphatic carbocycles. The van der Waals surface area contributed by atoms with Crippen molar-refractivity contribution in [1.29, 1.82) is 0 Å². The van der Waals surface area contributed by atoms with Gasteiger partial charge in [0.2, 0.25) is 41.4 Å². The molecule has 1 aliphatic rings. The van der Waals surface area contributed by atoms with Gasteiger partial charge in [0, 0.05) is 39.5 Å². The van der Waals surface area contributed by atoms with Crippen molar-refractivity contribution in [2.75, 3.05) is 41.3 Å². The SMILES string of the molecule is CC[C@@H](C)[C@@H]1C(=O)NCC(=O)N(C)[C@@H](C(C)C)C(=O)N(C)[C@H](Cc2ccc(OC)cc2)C(=O)N[C@@H](C)C(=O)C(C)(C)C(=O)N[C@@H](C)C(=O)N[C@H](CC)[C@H](C)C(=O)O[C@H]([C@@H](C)CC)C(=O)NCC(=O)N1C. The molecule has 392 valence electrons. The van der Waals surface area contributed by atoms with Crippen molar-refractivity contribution in [3.8, 4) is 5.75 Å². The molecule has 0 bridgehead atoms. The van der Waals surface area contributed by atoms with Gasteiger partial charge in [0.25, 0.3) is 5.91 Å². The van der Waals surface area contributed by atoms with Crippen LogP contribution in [0, 0.1) is 29.1 Å². The van der Waals surface area contributed by atoms with Crippen molar-refractivity contribution in [2.24, 2.45) is 29.1 Å². The van der Waals surface area contributed by atoms with Crippen LogP contribution in [0.2, 0.25) is 0 Å². The molecule has 2 rings (SSSR count). The second-order valence-corrected chi connectivity index (χ2v) is 19.5. The zero-order valence-corrected chi connectivity index (χ0v) is 44.1. The largest absolute Gasteiger partial charge is 0.497 e. The monoisotopic (exact) mass is 985 g/mol. The smallest absolute Gasteiger partial charge is 0.311 e. The van der Waals surface area contributed by atoms with E-state index in [1.807, 2.05) is 6.92 Å². The standard InChI is InChI=1S/C50H80N8O12/c1-17-28(6)40-45(64)51-25-37(59)57(14)39(27(4)5)47(66)56(13)36(24-33-20-22-34(69-16)23-21-33)44(63)53-31(9)42(61)50(11,12)49(68)54-32(10)43(62)55-35(19-3)30(8)48(67)70-41(29(7)18-2)46(65)52-26-38(60)58(40)15/h20-23,27-32,35-36,39-41H,17-19,24-26H2,1-16H3,(H,51,64)(H,52,65)(H,53,63)(H,54,68)(H,55,62)/t28-,29+,30+,31+,32+,35-,36-,39+,40-,41-/m1/s1. The van der Waals surface area contributed by atoms with Gasteiger partial charge >= 0.3 is 5.97 Å².